The zero-order valence-corrected chi connectivity index (χ0v) is 9.98. The largest absolute Gasteiger partial charge is 0.398 e. The smallest absolute Gasteiger partial charge is 0.0964 e. The minimum atomic E-state index is -0.465. The van der Waals surface area contributed by atoms with Crippen LogP contribution in [-0.4, -0.2) is 29.6 Å². The number of anilines is 1. The fourth-order valence-corrected chi connectivity index (χ4v) is 2.50. The van der Waals surface area contributed by atoms with E-state index in [9.17, 15) is 5.11 Å². The monoisotopic (exact) mass is 220 g/mol. The van der Waals surface area contributed by atoms with Gasteiger partial charge in [0.2, 0.25) is 0 Å². The molecule has 1 aromatic rings. The van der Waals surface area contributed by atoms with Crippen molar-refractivity contribution in [2.24, 2.45) is 0 Å². The number of aryl methyl sites for hydroxylation is 1. The van der Waals surface area contributed by atoms with Gasteiger partial charge in [-0.3, -0.25) is 0 Å². The fourth-order valence-electron chi connectivity index (χ4n) is 2.50. The zero-order valence-electron chi connectivity index (χ0n) is 9.98. The predicted octanol–water partition coefficient (Wildman–Crippen LogP) is 1.70. The molecule has 0 aromatic heterocycles. The second-order valence-corrected chi connectivity index (χ2v) is 4.71. The molecule has 0 saturated carbocycles. The minimum Gasteiger partial charge on any atom is -0.398 e. The van der Waals surface area contributed by atoms with E-state index in [1.54, 1.807) is 0 Å². The van der Waals surface area contributed by atoms with E-state index in [4.69, 9.17) is 5.73 Å². The summed E-state index contributed by atoms with van der Waals surface area (Å²) in [6, 6.07) is 6.08. The Morgan fingerprint density at radius 3 is 2.88 bits per heavy atom. The second-order valence-electron chi connectivity index (χ2n) is 4.71. The van der Waals surface area contributed by atoms with Crippen molar-refractivity contribution in [2.45, 2.75) is 31.9 Å². The van der Waals surface area contributed by atoms with Gasteiger partial charge in [0.15, 0.2) is 0 Å². The van der Waals surface area contributed by atoms with Crippen LogP contribution in [0.4, 0.5) is 5.69 Å². The van der Waals surface area contributed by atoms with Gasteiger partial charge in [0.1, 0.15) is 0 Å². The number of likely N-dealkylation sites (tertiary alicyclic amines) is 1. The molecule has 2 unspecified atom stereocenters. The number of nitrogens with zero attached hydrogens (tertiary/aromatic N) is 1. The van der Waals surface area contributed by atoms with Gasteiger partial charge in [0.25, 0.3) is 0 Å². The van der Waals surface area contributed by atoms with E-state index in [1.165, 1.54) is 0 Å². The molecule has 3 N–H and O–H groups in total. The Hall–Kier alpha value is -1.06. The fraction of sp³-hybridized carbons (Fsp3) is 0.538. The van der Waals surface area contributed by atoms with E-state index < -0.39 is 6.10 Å². The summed E-state index contributed by atoms with van der Waals surface area (Å²) in [7, 11) is 2.06. The van der Waals surface area contributed by atoms with Gasteiger partial charge >= 0.3 is 0 Å². The van der Waals surface area contributed by atoms with Crippen molar-refractivity contribution in [1.29, 1.82) is 0 Å². The third-order valence-electron chi connectivity index (χ3n) is 3.62. The third-order valence-corrected chi connectivity index (χ3v) is 3.62. The van der Waals surface area contributed by atoms with Crippen LogP contribution in [0.3, 0.4) is 0 Å². The molecule has 1 aliphatic rings. The molecule has 16 heavy (non-hydrogen) atoms. The summed E-state index contributed by atoms with van der Waals surface area (Å²) in [5.41, 5.74) is 8.66. The number of nitrogens with two attached hydrogens (primary N) is 1. The Morgan fingerprint density at radius 1 is 1.50 bits per heavy atom. The molecule has 1 fully saturated rings. The standard InChI is InChI=1S/C13H20N2O/c1-9-5-3-6-10(12(9)14)13(16)11-7-4-8-15(11)2/h3,5-6,11,13,16H,4,7-8,14H2,1-2H3. The lowest BCUT2D eigenvalue weighted by Crippen LogP contribution is -2.31. The van der Waals surface area contributed by atoms with Gasteiger partial charge in [-0.05, 0) is 38.9 Å². The van der Waals surface area contributed by atoms with Crippen molar-refractivity contribution in [3.63, 3.8) is 0 Å². The normalized spacial score (nSPS) is 23.6. The third kappa shape index (κ3) is 1.93. The molecule has 1 aliphatic heterocycles. The molecule has 3 heteroatoms. The number of hydrogen-bond acceptors (Lipinski definition) is 3. The highest BCUT2D eigenvalue weighted by Crippen LogP contribution is 2.32. The molecule has 0 radical (unpaired) electrons. The highest BCUT2D eigenvalue weighted by atomic mass is 16.3. The first kappa shape index (κ1) is 11.4. The number of rotatable bonds is 2. The van der Waals surface area contributed by atoms with E-state index in [2.05, 4.69) is 11.9 Å². The minimum absolute atomic E-state index is 0.212. The molecule has 2 atom stereocenters. The van der Waals surface area contributed by atoms with Gasteiger partial charge in [-0.2, -0.15) is 0 Å². The summed E-state index contributed by atoms with van der Waals surface area (Å²) in [5.74, 6) is 0. The Balaban J connectivity index is 2.26. The number of aliphatic hydroxyl groups excluding tert-OH is 1. The Kier molecular flexibility index (Phi) is 3.17. The van der Waals surface area contributed by atoms with Crippen LogP contribution in [0.15, 0.2) is 18.2 Å². The molecular weight excluding hydrogens is 200 g/mol. The summed E-state index contributed by atoms with van der Waals surface area (Å²) in [4.78, 5) is 2.21. The van der Waals surface area contributed by atoms with Crippen molar-refractivity contribution >= 4 is 5.69 Å². The molecule has 3 nitrogen and oxygen atoms in total. The summed E-state index contributed by atoms with van der Waals surface area (Å²) < 4.78 is 0. The predicted molar refractivity (Wildman–Crippen MR) is 66.2 cm³/mol. The van der Waals surface area contributed by atoms with Crippen molar-refractivity contribution in [2.75, 3.05) is 19.3 Å². The van der Waals surface area contributed by atoms with Gasteiger partial charge in [-0.1, -0.05) is 18.2 Å². The van der Waals surface area contributed by atoms with Crippen molar-refractivity contribution in [3.05, 3.63) is 29.3 Å². The quantitative estimate of drug-likeness (QED) is 0.746. The first-order valence-electron chi connectivity index (χ1n) is 5.84. The van der Waals surface area contributed by atoms with Gasteiger partial charge < -0.3 is 15.7 Å². The first-order valence-corrected chi connectivity index (χ1v) is 5.84. The van der Waals surface area contributed by atoms with Crippen molar-refractivity contribution in [3.8, 4) is 0 Å². The SMILES string of the molecule is Cc1cccc(C(O)C2CCCN2C)c1N. The molecule has 2 rings (SSSR count). The molecule has 0 bridgehead atoms. The summed E-state index contributed by atoms with van der Waals surface area (Å²) in [6.45, 7) is 3.04. The van der Waals surface area contributed by atoms with Crippen molar-refractivity contribution < 1.29 is 5.11 Å². The summed E-state index contributed by atoms with van der Waals surface area (Å²) in [5, 5.41) is 10.4. The summed E-state index contributed by atoms with van der Waals surface area (Å²) in [6.07, 6.45) is 1.74. The van der Waals surface area contributed by atoms with Crippen LogP contribution in [0.25, 0.3) is 0 Å². The van der Waals surface area contributed by atoms with Gasteiger partial charge in [-0.25, -0.2) is 0 Å². The van der Waals surface area contributed by atoms with E-state index in [0.717, 1.165) is 36.2 Å². The average Bonchev–Trinajstić information content (AvgIpc) is 2.68. The van der Waals surface area contributed by atoms with Crippen LogP contribution < -0.4 is 5.73 Å². The molecule has 0 spiro atoms. The first-order chi connectivity index (χ1) is 7.61. The van der Waals surface area contributed by atoms with Crippen LogP contribution in [0, 0.1) is 6.92 Å². The topological polar surface area (TPSA) is 49.5 Å². The highest BCUT2D eigenvalue weighted by Gasteiger charge is 2.29. The maximum absolute atomic E-state index is 10.4. The molecule has 0 aliphatic carbocycles. The Labute approximate surface area is 96.9 Å². The van der Waals surface area contributed by atoms with Crippen LogP contribution >= 0.6 is 0 Å². The summed E-state index contributed by atoms with van der Waals surface area (Å²) >= 11 is 0. The van der Waals surface area contributed by atoms with E-state index >= 15 is 0 Å². The van der Waals surface area contributed by atoms with Gasteiger partial charge in [0.05, 0.1) is 6.10 Å². The molecule has 0 amide bonds. The van der Waals surface area contributed by atoms with Crippen LogP contribution in [0.1, 0.15) is 30.1 Å². The van der Waals surface area contributed by atoms with Crippen LogP contribution in [0.5, 0.6) is 0 Å². The number of hydrogen-bond donors (Lipinski definition) is 2. The van der Waals surface area contributed by atoms with Crippen LogP contribution in [-0.2, 0) is 0 Å². The number of likely N-dealkylation sites (N-methyl/N-ethyl adjacent to an activating group) is 1. The van der Waals surface area contributed by atoms with Gasteiger partial charge in [-0.15, -0.1) is 0 Å². The lowest BCUT2D eigenvalue weighted by atomic mass is 9.97. The lowest BCUT2D eigenvalue weighted by Gasteiger charge is -2.26. The molecule has 1 saturated heterocycles. The van der Waals surface area contributed by atoms with Crippen molar-refractivity contribution in [1.82, 2.24) is 4.90 Å². The molecule has 1 heterocycles. The second kappa shape index (κ2) is 4.44. The van der Waals surface area contributed by atoms with E-state index in [-0.39, 0.29) is 6.04 Å². The van der Waals surface area contributed by atoms with E-state index in [1.807, 2.05) is 25.1 Å². The van der Waals surface area contributed by atoms with Gasteiger partial charge in [0, 0.05) is 17.3 Å². The maximum Gasteiger partial charge on any atom is 0.0964 e. The Morgan fingerprint density at radius 2 is 2.25 bits per heavy atom. The highest BCUT2D eigenvalue weighted by molar-refractivity contribution is 5.54. The number of benzene rings is 1. The Bertz CT molecular complexity index is 378. The zero-order chi connectivity index (χ0) is 11.7. The van der Waals surface area contributed by atoms with Crippen LogP contribution in [0.2, 0.25) is 0 Å². The molecular formula is C13H20N2O. The lowest BCUT2D eigenvalue weighted by molar-refractivity contribution is 0.0862. The molecule has 1 aromatic carbocycles. The maximum atomic E-state index is 10.4. The number of nitrogen functional groups attached to an aromatic ring is 1. The average molecular weight is 220 g/mol. The number of aliphatic hydroxyl groups is 1. The number of para-hydroxylation sites is 1. The molecule has 88 valence electrons. The van der Waals surface area contributed by atoms with E-state index in [0.29, 0.717) is 0 Å².